The summed E-state index contributed by atoms with van der Waals surface area (Å²) in [6.07, 6.45) is 1.73. The molecule has 0 spiro atoms. The molecule has 0 unspecified atom stereocenters. The van der Waals surface area contributed by atoms with Gasteiger partial charge in [-0.15, -0.1) is 10.2 Å². The Morgan fingerprint density at radius 3 is 2.68 bits per heavy atom. The lowest BCUT2D eigenvalue weighted by Gasteiger charge is -2.35. The smallest absolute Gasteiger partial charge is 0.337 e. The number of carboxylic acids is 1. The molecule has 0 aliphatic carbocycles. The highest BCUT2D eigenvalue weighted by molar-refractivity contribution is 5.96. The average molecular weight is 460 g/mol. The summed E-state index contributed by atoms with van der Waals surface area (Å²) in [5.74, 6) is -0.118. The van der Waals surface area contributed by atoms with Crippen LogP contribution in [0, 0.1) is 6.92 Å². The van der Waals surface area contributed by atoms with Crippen molar-refractivity contribution in [2.24, 2.45) is 0 Å². The monoisotopic (exact) mass is 459 g/mol. The number of likely N-dealkylation sites (N-methyl/N-ethyl adjacent to an activating group) is 1. The van der Waals surface area contributed by atoms with E-state index in [4.69, 9.17) is 4.98 Å². The molecule has 0 radical (unpaired) electrons. The van der Waals surface area contributed by atoms with Gasteiger partial charge in [-0.25, -0.2) is 9.78 Å². The van der Waals surface area contributed by atoms with E-state index in [9.17, 15) is 9.90 Å². The van der Waals surface area contributed by atoms with Crippen LogP contribution in [-0.2, 0) is 0 Å². The van der Waals surface area contributed by atoms with Gasteiger partial charge in [-0.05, 0) is 44.2 Å². The molecular weight excluding hydrogens is 430 g/mol. The molecule has 1 aliphatic heterocycles. The van der Waals surface area contributed by atoms with Gasteiger partial charge in [-0.3, -0.25) is 4.40 Å². The Balaban J connectivity index is 1.61. The first kappa shape index (κ1) is 22.1. The number of rotatable bonds is 6. The maximum atomic E-state index is 11.7. The number of aromatic nitrogens is 4. The van der Waals surface area contributed by atoms with Crippen LogP contribution in [0.1, 0.15) is 41.4 Å². The number of carboxylic acid groups (broad SMARTS) is 1. The molecule has 9 nitrogen and oxygen atoms in total. The minimum Gasteiger partial charge on any atom is -0.478 e. The molecule has 1 atom stereocenters. The summed E-state index contributed by atoms with van der Waals surface area (Å²) in [5, 5.41) is 22.6. The Hall–Kier alpha value is -3.72. The lowest BCUT2D eigenvalue weighted by Crippen LogP contribution is -2.47. The minimum absolute atomic E-state index is 0.175. The highest BCUT2D eigenvalue weighted by Crippen LogP contribution is 2.32. The summed E-state index contributed by atoms with van der Waals surface area (Å²) in [7, 11) is 0. The van der Waals surface area contributed by atoms with Crippen molar-refractivity contribution < 1.29 is 9.90 Å². The van der Waals surface area contributed by atoms with Crippen molar-refractivity contribution in [3.63, 3.8) is 0 Å². The van der Waals surface area contributed by atoms with Gasteiger partial charge in [-0.1, -0.05) is 25.1 Å². The molecule has 1 fully saturated rings. The van der Waals surface area contributed by atoms with Gasteiger partial charge in [0.15, 0.2) is 5.65 Å². The molecule has 2 aromatic heterocycles. The fraction of sp³-hybridized carbons (Fsp3) is 0.360. The van der Waals surface area contributed by atoms with Crippen LogP contribution in [0.15, 0.2) is 42.7 Å². The number of para-hydroxylation sites is 1. The SMILES string of the molecule is CCN1CCN(c2nc3c([C@@H](C)Nc4ccccc4C(=O)O)cc(C)cc3c3nncn23)CC1. The second-order valence-electron chi connectivity index (χ2n) is 8.82. The number of anilines is 2. The molecule has 1 saturated heterocycles. The van der Waals surface area contributed by atoms with Gasteiger partial charge in [-0.2, -0.15) is 0 Å². The number of aryl methyl sites for hydroxylation is 1. The lowest BCUT2D eigenvalue weighted by atomic mass is 10.0. The van der Waals surface area contributed by atoms with Crippen LogP contribution in [0.3, 0.4) is 0 Å². The van der Waals surface area contributed by atoms with E-state index in [0.29, 0.717) is 5.69 Å². The van der Waals surface area contributed by atoms with Crippen LogP contribution < -0.4 is 10.2 Å². The van der Waals surface area contributed by atoms with E-state index < -0.39 is 5.97 Å². The van der Waals surface area contributed by atoms with E-state index in [-0.39, 0.29) is 11.6 Å². The molecule has 3 heterocycles. The van der Waals surface area contributed by atoms with E-state index in [2.05, 4.69) is 44.4 Å². The van der Waals surface area contributed by atoms with Crippen molar-refractivity contribution in [2.45, 2.75) is 26.8 Å². The maximum Gasteiger partial charge on any atom is 0.337 e. The molecular formula is C25H29N7O2. The average Bonchev–Trinajstić information content (AvgIpc) is 3.34. The number of carbonyl (C=O) groups is 1. The van der Waals surface area contributed by atoms with E-state index in [1.54, 1.807) is 24.5 Å². The fourth-order valence-electron chi connectivity index (χ4n) is 4.74. The number of hydrogen-bond donors (Lipinski definition) is 2. The summed E-state index contributed by atoms with van der Waals surface area (Å²) in [4.78, 5) is 21.6. The third-order valence-corrected chi connectivity index (χ3v) is 6.60. The summed E-state index contributed by atoms with van der Waals surface area (Å²) in [6.45, 7) is 11.1. The Morgan fingerprint density at radius 1 is 1.18 bits per heavy atom. The van der Waals surface area contributed by atoms with Gasteiger partial charge in [0.2, 0.25) is 5.95 Å². The third kappa shape index (κ3) is 3.92. The minimum atomic E-state index is -0.957. The highest BCUT2D eigenvalue weighted by atomic mass is 16.4. The van der Waals surface area contributed by atoms with Crippen molar-refractivity contribution in [1.82, 2.24) is 24.5 Å². The van der Waals surface area contributed by atoms with Crippen LogP contribution in [-0.4, -0.2) is 68.3 Å². The van der Waals surface area contributed by atoms with Crippen LogP contribution in [0.4, 0.5) is 11.6 Å². The predicted molar refractivity (Wildman–Crippen MR) is 133 cm³/mol. The normalized spacial score (nSPS) is 15.7. The number of nitrogens with one attached hydrogen (secondary N) is 1. The lowest BCUT2D eigenvalue weighted by molar-refractivity contribution is 0.0698. The molecule has 176 valence electrons. The zero-order chi connectivity index (χ0) is 23.8. The largest absolute Gasteiger partial charge is 0.478 e. The molecule has 1 aliphatic rings. The molecule has 4 aromatic rings. The van der Waals surface area contributed by atoms with Gasteiger partial charge < -0.3 is 20.2 Å². The van der Waals surface area contributed by atoms with Gasteiger partial charge in [0, 0.05) is 42.8 Å². The van der Waals surface area contributed by atoms with Crippen LogP contribution in [0.25, 0.3) is 16.6 Å². The molecule has 5 rings (SSSR count). The van der Waals surface area contributed by atoms with Crippen molar-refractivity contribution in [1.29, 1.82) is 0 Å². The molecule has 2 aromatic carbocycles. The zero-order valence-electron chi connectivity index (χ0n) is 19.7. The second kappa shape index (κ2) is 8.90. The van der Waals surface area contributed by atoms with Gasteiger partial charge >= 0.3 is 5.97 Å². The number of piperazine rings is 1. The standard InChI is InChI=1S/C25H29N7O2/c1-4-30-9-11-31(12-10-30)25-28-22-19(13-16(2)14-20(22)23-29-26-15-32(23)25)17(3)27-21-8-6-5-7-18(21)24(33)34/h5-8,13-15,17,27H,4,9-12H2,1-3H3,(H,33,34)/t17-/m1/s1. The third-order valence-electron chi connectivity index (χ3n) is 6.60. The second-order valence-corrected chi connectivity index (χ2v) is 8.82. The quantitative estimate of drug-likeness (QED) is 0.451. The van der Waals surface area contributed by atoms with E-state index in [1.165, 1.54) is 0 Å². The summed E-state index contributed by atoms with van der Waals surface area (Å²) in [5.41, 5.74) is 4.53. The molecule has 34 heavy (non-hydrogen) atoms. The molecule has 0 bridgehead atoms. The topological polar surface area (TPSA) is 98.9 Å². The van der Waals surface area contributed by atoms with Crippen molar-refractivity contribution in [3.05, 3.63) is 59.4 Å². The van der Waals surface area contributed by atoms with Crippen LogP contribution in [0.5, 0.6) is 0 Å². The first-order chi connectivity index (χ1) is 16.5. The Kier molecular flexibility index (Phi) is 5.79. The summed E-state index contributed by atoms with van der Waals surface area (Å²) in [6, 6.07) is 11.0. The van der Waals surface area contributed by atoms with E-state index >= 15 is 0 Å². The fourth-order valence-corrected chi connectivity index (χ4v) is 4.74. The predicted octanol–water partition coefficient (Wildman–Crippen LogP) is 3.60. The number of hydrogen-bond acceptors (Lipinski definition) is 7. The number of nitrogens with zero attached hydrogens (tertiary/aromatic N) is 6. The van der Waals surface area contributed by atoms with E-state index in [0.717, 1.165) is 66.3 Å². The summed E-state index contributed by atoms with van der Waals surface area (Å²) < 4.78 is 1.98. The van der Waals surface area contributed by atoms with E-state index in [1.807, 2.05) is 24.3 Å². The Labute approximate surface area is 198 Å². The first-order valence-electron chi connectivity index (χ1n) is 11.7. The van der Waals surface area contributed by atoms with Crippen LogP contribution in [0.2, 0.25) is 0 Å². The zero-order valence-corrected chi connectivity index (χ0v) is 19.7. The Morgan fingerprint density at radius 2 is 1.94 bits per heavy atom. The maximum absolute atomic E-state index is 11.7. The number of aromatic carboxylic acids is 1. The highest BCUT2D eigenvalue weighted by Gasteiger charge is 2.23. The first-order valence-corrected chi connectivity index (χ1v) is 11.7. The summed E-state index contributed by atoms with van der Waals surface area (Å²) >= 11 is 0. The van der Waals surface area contributed by atoms with Gasteiger partial charge in [0.05, 0.1) is 17.1 Å². The molecule has 9 heteroatoms. The molecule has 2 N–H and O–H groups in total. The van der Waals surface area contributed by atoms with Crippen molar-refractivity contribution in [2.75, 3.05) is 42.9 Å². The molecule has 0 amide bonds. The van der Waals surface area contributed by atoms with Crippen molar-refractivity contribution >= 4 is 34.2 Å². The molecule has 0 saturated carbocycles. The van der Waals surface area contributed by atoms with Crippen LogP contribution >= 0.6 is 0 Å². The number of benzene rings is 2. The Bertz CT molecular complexity index is 1360. The number of fused-ring (bicyclic) bond motifs is 3. The van der Waals surface area contributed by atoms with Gasteiger partial charge in [0.1, 0.15) is 6.33 Å². The van der Waals surface area contributed by atoms with Gasteiger partial charge in [0.25, 0.3) is 0 Å². The van der Waals surface area contributed by atoms with Crippen molar-refractivity contribution in [3.8, 4) is 0 Å².